The number of benzene rings is 1. The van der Waals surface area contributed by atoms with Crippen LogP contribution >= 0.6 is 0 Å². The molecule has 1 atom stereocenters. The SMILES string of the molecule is CC(C)C(NC(=O)c1ccco1)C(=O)Nc1cccc(-c2nnnn2C2CC2)c1. The predicted octanol–water partition coefficient (Wildman–Crippen LogP) is 2.66. The van der Waals surface area contributed by atoms with Gasteiger partial charge in [0.25, 0.3) is 5.91 Å². The van der Waals surface area contributed by atoms with E-state index < -0.39 is 11.9 Å². The lowest BCUT2D eigenvalue weighted by Crippen LogP contribution is -2.47. The summed E-state index contributed by atoms with van der Waals surface area (Å²) in [5.41, 5.74) is 1.43. The number of anilines is 1. The first kappa shape index (κ1) is 18.9. The van der Waals surface area contributed by atoms with Gasteiger partial charge in [-0.3, -0.25) is 9.59 Å². The summed E-state index contributed by atoms with van der Waals surface area (Å²) in [6.45, 7) is 3.74. The van der Waals surface area contributed by atoms with Crippen molar-refractivity contribution in [2.24, 2.45) is 5.92 Å². The summed E-state index contributed by atoms with van der Waals surface area (Å²) >= 11 is 0. The molecule has 29 heavy (non-hydrogen) atoms. The van der Waals surface area contributed by atoms with E-state index in [1.165, 1.54) is 6.26 Å². The van der Waals surface area contributed by atoms with Crippen LogP contribution in [0, 0.1) is 5.92 Å². The van der Waals surface area contributed by atoms with Crippen LogP contribution in [0.5, 0.6) is 0 Å². The Morgan fingerprint density at radius 2 is 2.03 bits per heavy atom. The first-order chi connectivity index (χ1) is 14.0. The number of hydrogen-bond donors (Lipinski definition) is 2. The van der Waals surface area contributed by atoms with Crippen LogP contribution in [0.3, 0.4) is 0 Å². The Kier molecular flexibility index (Phi) is 5.11. The summed E-state index contributed by atoms with van der Waals surface area (Å²) < 4.78 is 6.92. The first-order valence-corrected chi connectivity index (χ1v) is 9.56. The third kappa shape index (κ3) is 4.18. The molecule has 2 N–H and O–H groups in total. The number of aromatic nitrogens is 4. The molecule has 0 spiro atoms. The highest BCUT2D eigenvalue weighted by Gasteiger charge is 2.29. The number of tetrazole rings is 1. The molecule has 1 unspecified atom stereocenters. The Morgan fingerprint density at radius 1 is 1.21 bits per heavy atom. The van der Waals surface area contributed by atoms with Crippen LogP contribution in [0.15, 0.2) is 47.1 Å². The van der Waals surface area contributed by atoms with Crippen molar-refractivity contribution in [1.29, 1.82) is 0 Å². The normalized spacial score (nSPS) is 14.6. The van der Waals surface area contributed by atoms with Crippen molar-refractivity contribution in [3.63, 3.8) is 0 Å². The first-order valence-electron chi connectivity index (χ1n) is 9.56. The fourth-order valence-electron chi connectivity index (χ4n) is 3.06. The van der Waals surface area contributed by atoms with E-state index in [0.29, 0.717) is 17.6 Å². The lowest BCUT2D eigenvalue weighted by atomic mass is 10.0. The molecule has 0 saturated heterocycles. The maximum atomic E-state index is 12.8. The highest BCUT2D eigenvalue weighted by atomic mass is 16.3. The molecule has 2 heterocycles. The van der Waals surface area contributed by atoms with E-state index in [1.54, 1.807) is 18.2 Å². The number of amides is 2. The van der Waals surface area contributed by atoms with Crippen molar-refractivity contribution >= 4 is 17.5 Å². The van der Waals surface area contributed by atoms with Crippen molar-refractivity contribution in [2.45, 2.75) is 38.8 Å². The Hall–Kier alpha value is -3.49. The zero-order valence-corrected chi connectivity index (χ0v) is 16.2. The van der Waals surface area contributed by atoms with Gasteiger partial charge in [0.2, 0.25) is 5.91 Å². The minimum absolute atomic E-state index is 0.112. The van der Waals surface area contributed by atoms with Crippen LogP contribution < -0.4 is 10.6 Å². The molecule has 1 aliphatic carbocycles. The molecule has 0 aliphatic heterocycles. The van der Waals surface area contributed by atoms with Crippen molar-refractivity contribution in [3.05, 3.63) is 48.4 Å². The average Bonchev–Trinajstić information content (AvgIpc) is 3.20. The number of nitrogens with one attached hydrogen (secondary N) is 2. The fourth-order valence-corrected chi connectivity index (χ4v) is 3.06. The summed E-state index contributed by atoms with van der Waals surface area (Å²) in [4.78, 5) is 25.1. The van der Waals surface area contributed by atoms with Crippen LogP contribution in [-0.2, 0) is 4.79 Å². The number of hydrogen-bond acceptors (Lipinski definition) is 6. The quantitative estimate of drug-likeness (QED) is 0.637. The number of nitrogens with zero attached hydrogens (tertiary/aromatic N) is 4. The molecule has 1 aromatic carbocycles. The number of carbonyl (C=O) groups is 2. The molecule has 4 rings (SSSR count). The monoisotopic (exact) mass is 394 g/mol. The molecule has 3 aromatic rings. The van der Waals surface area contributed by atoms with Crippen molar-refractivity contribution in [3.8, 4) is 11.4 Å². The lowest BCUT2D eigenvalue weighted by Gasteiger charge is -2.21. The van der Waals surface area contributed by atoms with Gasteiger partial charge >= 0.3 is 0 Å². The van der Waals surface area contributed by atoms with E-state index >= 15 is 0 Å². The van der Waals surface area contributed by atoms with Gasteiger partial charge in [0.05, 0.1) is 12.3 Å². The summed E-state index contributed by atoms with van der Waals surface area (Å²) in [5.74, 6) is -0.00759. The third-order valence-electron chi connectivity index (χ3n) is 4.75. The highest BCUT2D eigenvalue weighted by molar-refractivity contribution is 6.00. The summed E-state index contributed by atoms with van der Waals surface area (Å²) in [5, 5.41) is 17.6. The second-order valence-electron chi connectivity index (χ2n) is 7.42. The Balaban J connectivity index is 1.49. The van der Waals surface area contributed by atoms with E-state index in [9.17, 15) is 9.59 Å². The van der Waals surface area contributed by atoms with Gasteiger partial charge in [-0.2, -0.15) is 0 Å². The Morgan fingerprint density at radius 3 is 2.72 bits per heavy atom. The van der Waals surface area contributed by atoms with E-state index in [1.807, 2.05) is 36.7 Å². The van der Waals surface area contributed by atoms with Crippen molar-refractivity contribution in [1.82, 2.24) is 25.5 Å². The van der Waals surface area contributed by atoms with Crippen LogP contribution in [0.1, 0.15) is 43.3 Å². The highest BCUT2D eigenvalue weighted by Crippen LogP contribution is 2.36. The van der Waals surface area contributed by atoms with E-state index in [2.05, 4.69) is 26.2 Å². The zero-order chi connectivity index (χ0) is 20.4. The smallest absolute Gasteiger partial charge is 0.287 e. The molecule has 0 radical (unpaired) electrons. The van der Waals surface area contributed by atoms with Gasteiger partial charge in [0.1, 0.15) is 6.04 Å². The zero-order valence-electron chi connectivity index (χ0n) is 16.2. The number of carbonyl (C=O) groups excluding carboxylic acids is 2. The minimum Gasteiger partial charge on any atom is -0.459 e. The van der Waals surface area contributed by atoms with Gasteiger partial charge in [-0.05, 0) is 53.5 Å². The standard InChI is InChI=1S/C20H22N6O3/c1-12(2)17(22-19(27)16-7-4-10-29-16)20(28)21-14-6-3-5-13(11-14)18-23-24-25-26(18)15-8-9-15/h3-7,10-12,15,17H,8-9H2,1-2H3,(H,21,28)(H,22,27). The van der Waals surface area contributed by atoms with Crippen LogP contribution in [0.4, 0.5) is 5.69 Å². The Labute approximate surface area is 167 Å². The summed E-state index contributed by atoms with van der Waals surface area (Å²) in [7, 11) is 0. The molecular formula is C20H22N6O3. The second kappa shape index (κ2) is 7.86. The van der Waals surface area contributed by atoms with E-state index in [0.717, 1.165) is 18.4 Å². The van der Waals surface area contributed by atoms with Gasteiger partial charge in [-0.1, -0.05) is 26.0 Å². The largest absolute Gasteiger partial charge is 0.459 e. The third-order valence-corrected chi connectivity index (χ3v) is 4.75. The number of furan rings is 1. The molecular weight excluding hydrogens is 372 g/mol. The van der Waals surface area contributed by atoms with Gasteiger partial charge in [-0.15, -0.1) is 5.10 Å². The second-order valence-corrected chi connectivity index (χ2v) is 7.42. The fraction of sp³-hybridized carbons (Fsp3) is 0.350. The average molecular weight is 394 g/mol. The molecule has 1 fully saturated rings. The molecule has 0 bridgehead atoms. The lowest BCUT2D eigenvalue weighted by molar-refractivity contribution is -0.118. The molecule has 2 amide bonds. The molecule has 1 saturated carbocycles. The van der Waals surface area contributed by atoms with E-state index in [4.69, 9.17) is 4.42 Å². The molecule has 2 aromatic heterocycles. The van der Waals surface area contributed by atoms with Gasteiger partial charge in [0, 0.05) is 11.3 Å². The summed E-state index contributed by atoms with van der Waals surface area (Å²) in [6, 6.07) is 10.2. The number of rotatable bonds is 7. The van der Waals surface area contributed by atoms with Gasteiger partial charge in [-0.25, -0.2) is 4.68 Å². The maximum absolute atomic E-state index is 12.8. The molecule has 9 heteroatoms. The minimum atomic E-state index is -0.715. The van der Waals surface area contributed by atoms with Crippen molar-refractivity contribution < 1.29 is 14.0 Å². The van der Waals surface area contributed by atoms with Crippen LogP contribution in [0.2, 0.25) is 0 Å². The van der Waals surface area contributed by atoms with Crippen LogP contribution in [0.25, 0.3) is 11.4 Å². The van der Waals surface area contributed by atoms with E-state index in [-0.39, 0.29) is 17.6 Å². The predicted molar refractivity (Wildman–Crippen MR) is 105 cm³/mol. The maximum Gasteiger partial charge on any atom is 0.287 e. The van der Waals surface area contributed by atoms with Crippen molar-refractivity contribution in [2.75, 3.05) is 5.32 Å². The summed E-state index contributed by atoms with van der Waals surface area (Å²) in [6.07, 6.45) is 3.56. The molecule has 9 nitrogen and oxygen atoms in total. The van der Waals surface area contributed by atoms with Gasteiger partial charge in [0.15, 0.2) is 11.6 Å². The Bertz CT molecular complexity index is 1010. The molecule has 150 valence electrons. The topological polar surface area (TPSA) is 115 Å². The van der Waals surface area contributed by atoms with Crippen LogP contribution in [-0.4, -0.2) is 38.1 Å². The van der Waals surface area contributed by atoms with Gasteiger partial charge < -0.3 is 15.1 Å². The molecule has 1 aliphatic rings.